The summed E-state index contributed by atoms with van der Waals surface area (Å²) in [5, 5.41) is 16.9. The van der Waals surface area contributed by atoms with Crippen LogP contribution >= 0.6 is 11.6 Å². The first-order valence-electron chi connectivity index (χ1n) is 13.5. The number of amides is 1. The third-order valence-corrected chi connectivity index (χ3v) is 8.47. The Morgan fingerprint density at radius 3 is 2.35 bits per heavy atom. The Balaban J connectivity index is 1.26. The van der Waals surface area contributed by atoms with Crippen molar-refractivity contribution in [1.82, 2.24) is 5.16 Å². The summed E-state index contributed by atoms with van der Waals surface area (Å²) in [4.78, 5) is 24.5. The molecule has 2 aliphatic carbocycles. The van der Waals surface area contributed by atoms with Gasteiger partial charge < -0.3 is 14.4 Å². The van der Waals surface area contributed by atoms with Crippen molar-refractivity contribution in [3.63, 3.8) is 0 Å². The minimum absolute atomic E-state index is 0.435. The molecule has 2 N–H and O–H groups in total. The van der Waals surface area contributed by atoms with E-state index in [1.807, 2.05) is 48.5 Å². The van der Waals surface area contributed by atoms with E-state index in [4.69, 9.17) is 20.9 Å². The summed E-state index contributed by atoms with van der Waals surface area (Å²) in [5.41, 5.74) is 6.80. The highest BCUT2D eigenvalue weighted by molar-refractivity contribution is 6.31. The van der Waals surface area contributed by atoms with E-state index in [2.05, 4.69) is 16.5 Å². The number of carboxylic acids is 1. The minimum atomic E-state index is -0.749. The fraction of sp³-hybridized carbons (Fsp3) is 0.281. The topological polar surface area (TPSA) is 102 Å². The average molecular weight is 557 g/mol. The monoisotopic (exact) mass is 556 g/mol. The van der Waals surface area contributed by atoms with Gasteiger partial charge in [-0.2, -0.15) is 0 Å². The number of rotatable bonds is 7. The zero-order valence-corrected chi connectivity index (χ0v) is 22.8. The van der Waals surface area contributed by atoms with Gasteiger partial charge in [0, 0.05) is 16.1 Å². The summed E-state index contributed by atoms with van der Waals surface area (Å²) >= 11 is 6.26. The predicted octanol–water partition coefficient (Wildman–Crippen LogP) is 7.97. The van der Waals surface area contributed by atoms with Crippen LogP contribution < -0.4 is 5.32 Å². The van der Waals surface area contributed by atoms with Crippen molar-refractivity contribution in [2.75, 3.05) is 5.32 Å². The normalized spacial score (nSPS) is 16.1. The third kappa shape index (κ3) is 4.75. The van der Waals surface area contributed by atoms with Crippen LogP contribution in [-0.4, -0.2) is 22.3 Å². The number of halogens is 1. The summed E-state index contributed by atoms with van der Waals surface area (Å²) in [6.45, 7) is 1.77. The number of carbonyl (C=O) groups excluding carboxylic acids is 1. The van der Waals surface area contributed by atoms with Crippen molar-refractivity contribution in [2.45, 2.75) is 57.0 Å². The molecule has 1 heterocycles. The Morgan fingerprint density at radius 1 is 1.00 bits per heavy atom. The van der Waals surface area contributed by atoms with Crippen molar-refractivity contribution < 1.29 is 24.0 Å². The number of aromatic nitrogens is 1. The number of carboxylic acid groups (broad SMARTS) is 1. The van der Waals surface area contributed by atoms with Gasteiger partial charge in [0.15, 0.2) is 5.76 Å². The van der Waals surface area contributed by atoms with E-state index in [1.165, 1.54) is 17.3 Å². The summed E-state index contributed by atoms with van der Waals surface area (Å²) in [7, 11) is 0. The molecule has 0 saturated heterocycles. The molecule has 8 heteroatoms. The smallest absolute Gasteiger partial charge is 0.412 e. The number of nitrogens with zero attached hydrogens (tertiary/aromatic N) is 1. The molecule has 0 radical (unpaired) electrons. The Hall–Kier alpha value is -4.10. The maximum atomic E-state index is 12.8. The van der Waals surface area contributed by atoms with Crippen molar-refractivity contribution in [1.29, 1.82) is 0 Å². The summed E-state index contributed by atoms with van der Waals surface area (Å²) in [6.07, 6.45) is 5.63. The molecule has 1 unspecified atom stereocenters. The maximum absolute atomic E-state index is 12.8. The highest BCUT2D eigenvalue weighted by atomic mass is 35.5. The largest absolute Gasteiger partial charge is 0.481 e. The lowest BCUT2D eigenvalue weighted by molar-refractivity contribution is -0.140. The molecule has 1 aromatic heterocycles. The van der Waals surface area contributed by atoms with Gasteiger partial charge in [-0.05, 0) is 79.3 Å². The molecule has 2 aliphatic rings. The number of hydrogen-bond acceptors (Lipinski definition) is 5. The van der Waals surface area contributed by atoms with Crippen LogP contribution in [0.25, 0.3) is 22.5 Å². The van der Waals surface area contributed by atoms with E-state index >= 15 is 0 Å². The first kappa shape index (κ1) is 26.1. The van der Waals surface area contributed by atoms with Crippen LogP contribution in [0.1, 0.15) is 61.0 Å². The van der Waals surface area contributed by atoms with Crippen molar-refractivity contribution in [3.8, 4) is 22.5 Å². The van der Waals surface area contributed by atoms with Crippen LogP contribution in [0.2, 0.25) is 5.02 Å². The van der Waals surface area contributed by atoms with Gasteiger partial charge in [-0.15, -0.1) is 0 Å². The average Bonchev–Trinajstić information content (AvgIpc) is 3.66. The fourth-order valence-corrected chi connectivity index (χ4v) is 6.05. The van der Waals surface area contributed by atoms with Crippen LogP contribution in [-0.2, 0) is 27.8 Å². The Morgan fingerprint density at radius 2 is 1.68 bits per heavy atom. The summed E-state index contributed by atoms with van der Waals surface area (Å²) in [5.74, 6) is -0.264. The molecule has 204 valence electrons. The van der Waals surface area contributed by atoms with Crippen molar-refractivity contribution >= 4 is 29.4 Å². The zero-order chi connectivity index (χ0) is 27.9. The molecule has 0 spiro atoms. The van der Waals surface area contributed by atoms with Crippen LogP contribution in [0, 0.1) is 0 Å². The standard InChI is InChI=1S/C32H29ClN2O5/c1-19(22-6-4-5-9-27(22)33)39-31(38)35-28-18-34-40-29(28)26-15-14-23(24-7-2-3-8-25(24)26)20-10-12-21(13-11-20)32(16-17-32)30(36)37/h4-6,9-15,18-19H,2-3,7-8,16-17H2,1H3,(H,35,38)(H,36,37). The zero-order valence-electron chi connectivity index (χ0n) is 22.1. The Labute approximate surface area is 237 Å². The van der Waals surface area contributed by atoms with E-state index in [0.717, 1.165) is 53.5 Å². The first-order valence-corrected chi connectivity index (χ1v) is 13.9. The van der Waals surface area contributed by atoms with E-state index in [0.29, 0.717) is 29.3 Å². The number of nitrogens with one attached hydrogen (secondary N) is 1. The number of fused-ring (bicyclic) bond motifs is 1. The fourth-order valence-electron chi connectivity index (χ4n) is 5.76. The lowest BCUT2D eigenvalue weighted by Crippen LogP contribution is -2.19. The van der Waals surface area contributed by atoms with E-state index < -0.39 is 23.6 Å². The number of ether oxygens (including phenoxy) is 1. The van der Waals surface area contributed by atoms with E-state index in [9.17, 15) is 14.7 Å². The molecular weight excluding hydrogens is 528 g/mol. The summed E-state index contributed by atoms with van der Waals surface area (Å²) in [6, 6.07) is 19.3. The van der Waals surface area contributed by atoms with Crippen molar-refractivity contribution in [2.24, 2.45) is 0 Å². The molecule has 1 atom stereocenters. The molecule has 6 rings (SSSR count). The lowest BCUT2D eigenvalue weighted by Gasteiger charge is -2.23. The van der Waals surface area contributed by atoms with Crippen LogP contribution in [0.15, 0.2) is 71.4 Å². The SMILES string of the molecule is CC(OC(=O)Nc1cnoc1-c1ccc(-c2ccc(C3(C(=O)O)CC3)cc2)c2c1CCCC2)c1ccccc1Cl. The van der Waals surface area contributed by atoms with Gasteiger partial charge in [0.1, 0.15) is 11.8 Å². The highest BCUT2D eigenvalue weighted by Gasteiger charge is 2.51. The minimum Gasteiger partial charge on any atom is -0.481 e. The van der Waals surface area contributed by atoms with E-state index in [-0.39, 0.29) is 0 Å². The molecule has 1 fully saturated rings. The molecule has 7 nitrogen and oxygen atoms in total. The number of hydrogen-bond donors (Lipinski definition) is 2. The van der Waals surface area contributed by atoms with E-state index in [1.54, 1.807) is 13.0 Å². The Bertz CT molecular complexity index is 1590. The van der Waals surface area contributed by atoms with Gasteiger partial charge in [0.25, 0.3) is 0 Å². The number of benzene rings is 3. The third-order valence-electron chi connectivity index (χ3n) is 8.12. The second-order valence-corrected chi connectivity index (χ2v) is 11.0. The van der Waals surface area contributed by atoms with Crippen LogP contribution in [0.5, 0.6) is 0 Å². The van der Waals surface area contributed by atoms with Gasteiger partial charge in [0.2, 0.25) is 0 Å². The van der Waals surface area contributed by atoms with Crippen molar-refractivity contribution in [3.05, 3.63) is 94.1 Å². The Kier molecular flexibility index (Phi) is 6.84. The van der Waals surface area contributed by atoms with Gasteiger partial charge >= 0.3 is 12.1 Å². The number of aliphatic carboxylic acids is 1. The maximum Gasteiger partial charge on any atom is 0.412 e. The molecular formula is C32H29ClN2O5. The highest BCUT2D eigenvalue weighted by Crippen LogP contribution is 2.49. The molecule has 40 heavy (non-hydrogen) atoms. The second-order valence-electron chi connectivity index (χ2n) is 10.6. The van der Waals surface area contributed by atoms with Crippen LogP contribution in [0.3, 0.4) is 0 Å². The lowest BCUT2D eigenvalue weighted by atomic mass is 9.82. The molecule has 4 aromatic rings. The molecule has 1 amide bonds. The van der Waals surface area contributed by atoms with Gasteiger partial charge in [-0.1, -0.05) is 71.4 Å². The molecule has 3 aromatic carbocycles. The number of anilines is 1. The predicted molar refractivity (Wildman–Crippen MR) is 153 cm³/mol. The quantitative estimate of drug-likeness (QED) is 0.239. The first-order chi connectivity index (χ1) is 19.4. The van der Waals surface area contributed by atoms with Gasteiger partial charge in [-0.3, -0.25) is 10.1 Å². The van der Waals surface area contributed by atoms with Gasteiger partial charge in [-0.25, -0.2) is 4.79 Å². The molecule has 1 saturated carbocycles. The van der Waals surface area contributed by atoms with Gasteiger partial charge in [0.05, 0.1) is 11.6 Å². The molecule has 0 aliphatic heterocycles. The molecule has 0 bridgehead atoms. The number of carbonyl (C=O) groups is 2. The second kappa shape index (κ2) is 10.5. The summed E-state index contributed by atoms with van der Waals surface area (Å²) < 4.78 is 11.2. The van der Waals surface area contributed by atoms with Crippen LogP contribution in [0.4, 0.5) is 10.5 Å².